The van der Waals surface area contributed by atoms with E-state index in [1.165, 1.54) is 12.1 Å². The van der Waals surface area contributed by atoms with Gasteiger partial charge in [0, 0.05) is 17.7 Å². The molecule has 1 aliphatic rings. The van der Waals surface area contributed by atoms with Gasteiger partial charge in [0.05, 0.1) is 30.7 Å². The number of fused-ring (bicyclic) bond motifs is 1. The largest absolute Gasteiger partial charge is 0.481 e. The monoisotopic (exact) mass is 489 g/mol. The highest BCUT2D eigenvalue weighted by Crippen LogP contribution is 2.37. The van der Waals surface area contributed by atoms with Crippen LogP contribution in [0.5, 0.6) is 5.88 Å². The number of ether oxygens (including phenoxy) is 1. The number of hydrogen-bond donors (Lipinski definition) is 2. The minimum Gasteiger partial charge on any atom is -0.481 e. The molecule has 188 valence electrons. The van der Waals surface area contributed by atoms with Gasteiger partial charge in [-0.1, -0.05) is 18.2 Å². The molecule has 3 heterocycles. The molecule has 4 rings (SSSR count). The van der Waals surface area contributed by atoms with Gasteiger partial charge in [0.1, 0.15) is 17.5 Å². The number of nitrogens with one attached hydrogen (secondary N) is 1. The predicted octanol–water partition coefficient (Wildman–Crippen LogP) is 4.76. The Morgan fingerprint density at radius 3 is 2.54 bits per heavy atom. The highest BCUT2D eigenvalue weighted by molar-refractivity contribution is 5.88. The number of aryl methyl sites for hydroxylation is 1. The summed E-state index contributed by atoms with van der Waals surface area (Å²) in [6.45, 7) is 5.94. The number of hydrogen-bond acceptors (Lipinski definition) is 7. The van der Waals surface area contributed by atoms with Gasteiger partial charge < -0.3 is 20.1 Å². The van der Waals surface area contributed by atoms with Crippen molar-refractivity contribution in [2.24, 2.45) is 0 Å². The molecule has 2 N–H and O–H groups in total. The molecular weight excluding hydrogens is 459 g/mol. The lowest BCUT2D eigenvalue weighted by molar-refractivity contribution is 0.146. The molecule has 3 aromatic rings. The number of rotatable bonds is 8. The maximum absolute atomic E-state index is 14.8. The SMILES string of the molecule is COc1nc2nc(C)nc(N[C@H](C)c3cccc(C(F)F)c3F)c2cc1C1CCN(CCO)CC1. The fourth-order valence-electron chi connectivity index (χ4n) is 4.69. The molecule has 0 radical (unpaired) electrons. The summed E-state index contributed by atoms with van der Waals surface area (Å²) in [4.78, 5) is 15.8. The van der Waals surface area contributed by atoms with Crippen LogP contribution in [0.1, 0.15) is 60.7 Å². The Kier molecular flexibility index (Phi) is 7.71. The van der Waals surface area contributed by atoms with Gasteiger partial charge in [-0.05, 0) is 51.8 Å². The van der Waals surface area contributed by atoms with Gasteiger partial charge in [0.15, 0.2) is 5.65 Å². The second-order valence-corrected chi connectivity index (χ2v) is 8.83. The van der Waals surface area contributed by atoms with E-state index >= 15 is 0 Å². The van der Waals surface area contributed by atoms with E-state index in [0.29, 0.717) is 35.1 Å². The molecule has 0 bridgehead atoms. The number of anilines is 1. The average Bonchev–Trinajstić information content (AvgIpc) is 2.83. The summed E-state index contributed by atoms with van der Waals surface area (Å²) in [5.41, 5.74) is 0.885. The van der Waals surface area contributed by atoms with Crippen LogP contribution in [-0.4, -0.2) is 58.3 Å². The van der Waals surface area contributed by atoms with Crippen LogP contribution in [0.25, 0.3) is 11.0 Å². The molecule has 1 saturated heterocycles. The minimum absolute atomic E-state index is 0.130. The Morgan fingerprint density at radius 1 is 1.17 bits per heavy atom. The van der Waals surface area contributed by atoms with Crippen LogP contribution in [0.2, 0.25) is 0 Å². The molecule has 7 nitrogen and oxygen atoms in total. The molecule has 1 atom stereocenters. The smallest absolute Gasteiger partial charge is 0.266 e. The first-order chi connectivity index (χ1) is 16.8. The number of alkyl halides is 2. The summed E-state index contributed by atoms with van der Waals surface area (Å²) < 4.78 is 46.8. The number of benzene rings is 1. The third kappa shape index (κ3) is 5.33. The number of aliphatic hydroxyl groups is 1. The van der Waals surface area contributed by atoms with Crippen LogP contribution in [0.15, 0.2) is 24.3 Å². The molecule has 1 fully saturated rings. The summed E-state index contributed by atoms with van der Waals surface area (Å²) in [5.74, 6) is 0.715. The van der Waals surface area contributed by atoms with E-state index < -0.39 is 23.8 Å². The second-order valence-electron chi connectivity index (χ2n) is 8.83. The van der Waals surface area contributed by atoms with Crippen molar-refractivity contribution in [3.8, 4) is 5.88 Å². The standard InChI is InChI=1S/C25H30F3N5O2/c1-14(17-5-4-6-18(21(17)26)22(27)28)29-23-20-13-19(16-7-9-33(10-8-16)11-12-34)25(35-3)32-24(20)31-15(2)30-23/h4-6,13-14,16,22,34H,7-12H2,1-3H3,(H,29,30,31,32)/t14-/m1/s1. The van der Waals surface area contributed by atoms with Gasteiger partial charge in [-0.3, -0.25) is 0 Å². The van der Waals surface area contributed by atoms with Gasteiger partial charge in [-0.15, -0.1) is 0 Å². The van der Waals surface area contributed by atoms with Gasteiger partial charge in [-0.25, -0.2) is 23.1 Å². The number of piperidine rings is 1. The van der Waals surface area contributed by atoms with E-state index in [-0.39, 0.29) is 18.1 Å². The van der Waals surface area contributed by atoms with Crippen LogP contribution in [0, 0.1) is 12.7 Å². The van der Waals surface area contributed by atoms with Crippen LogP contribution < -0.4 is 10.1 Å². The van der Waals surface area contributed by atoms with E-state index in [1.54, 1.807) is 21.0 Å². The van der Waals surface area contributed by atoms with Crippen molar-refractivity contribution in [3.63, 3.8) is 0 Å². The first kappa shape index (κ1) is 25.1. The second kappa shape index (κ2) is 10.7. The summed E-state index contributed by atoms with van der Waals surface area (Å²) >= 11 is 0. The van der Waals surface area contributed by atoms with Gasteiger partial charge >= 0.3 is 0 Å². The lowest BCUT2D eigenvalue weighted by Gasteiger charge is -2.32. The lowest BCUT2D eigenvalue weighted by atomic mass is 9.89. The number of likely N-dealkylation sites (tertiary alicyclic amines) is 1. The summed E-state index contributed by atoms with van der Waals surface area (Å²) in [7, 11) is 1.58. The normalized spacial score (nSPS) is 16.1. The Labute approximate surface area is 202 Å². The van der Waals surface area contributed by atoms with Crippen molar-refractivity contribution in [3.05, 3.63) is 52.6 Å². The quantitative estimate of drug-likeness (QED) is 0.472. The summed E-state index contributed by atoms with van der Waals surface area (Å²) in [5, 5.41) is 13.1. The molecule has 0 spiro atoms. The van der Waals surface area contributed by atoms with E-state index in [0.717, 1.165) is 37.6 Å². The zero-order valence-corrected chi connectivity index (χ0v) is 20.1. The Hall–Kier alpha value is -2.98. The molecule has 35 heavy (non-hydrogen) atoms. The van der Waals surface area contributed by atoms with Crippen molar-refractivity contribution >= 4 is 16.9 Å². The number of β-amino-alcohol motifs (C(OH)–C–C–N with tert-alkyl or cyclic N) is 1. The maximum atomic E-state index is 14.8. The predicted molar refractivity (Wildman–Crippen MR) is 128 cm³/mol. The van der Waals surface area contributed by atoms with E-state index in [4.69, 9.17) is 4.74 Å². The molecule has 1 aliphatic heterocycles. The van der Waals surface area contributed by atoms with Crippen molar-refractivity contribution < 1.29 is 23.0 Å². The van der Waals surface area contributed by atoms with Crippen LogP contribution in [0.3, 0.4) is 0 Å². The number of methoxy groups -OCH3 is 1. The van der Waals surface area contributed by atoms with Crippen LogP contribution in [0.4, 0.5) is 19.0 Å². The van der Waals surface area contributed by atoms with Crippen molar-refractivity contribution in [2.75, 3.05) is 38.7 Å². The molecular formula is C25H30F3N5O2. The Balaban J connectivity index is 1.69. The fourth-order valence-corrected chi connectivity index (χ4v) is 4.69. The van der Waals surface area contributed by atoms with Crippen molar-refractivity contribution in [1.82, 2.24) is 19.9 Å². The van der Waals surface area contributed by atoms with Crippen molar-refractivity contribution in [2.45, 2.75) is 45.1 Å². The minimum atomic E-state index is -2.90. The molecule has 2 aromatic heterocycles. The third-order valence-electron chi connectivity index (χ3n) is 6.54. The van der Waals surface area contributed by atoms with Crippen molar-refractivity contribution in [1.29, 1.82) is 0 Å². The van der Waals surface area contributed by atoms with Crippen LogP contribution >= 0.6 is 0 Å². The number of pyridine rings is 1. The summed E-state index contributed by atoms with van der Waals surface area (Å²) in [6.07, 6.45) is -1.12. The zero-order valence-electron chi connectivity index (χ0n) is 20.1. The fraction of sp³-hybridized carbons (Fsp3) is 0.480. The summed E-state index contributed by atoms with van der Waals surface area (Å²) in [6, 6.07) is 5.35. The van der Waals surface area contributed by atoms with Gasteiger partial charge in [0.2, 0.25) is 5.88 Å². The van der Waals surface area contributed by atoms with E-state index in [9.17, 15) is 18.3 Å². The topological polar surface area (TPSA) is 83.4 Å². The Bertz CT molecular complexity index is 1190. The Morgan fingerprint density at radius 2 is 1.89 bits per heavy atom. The highest BCUT2D eigenvalue weighted by Gasteiger charge is 2.26. The molecule has 0 aliphatic carbocycles. The van der Waals surface area contributed by atoms with Gasteiger partial charge in [0.25, 0.3) is 6.43 Å². The molecule has 0 amide bonds. The number of nitrogens with zero attached hydrogens (tertiary/aromatic N) is 4. The third-order valence-corrected chi connectivity index (χ3v) is 6.54. The average molecular weight is 490 g/mol. The lowest BCUT2D eigenvalue weighted by Crippen LogP contribution is -2.35. The van der Waals surface area contributed by atoms with Crippen LogP contribution in [-0.2, 0) is 0 Å². The first-order valence-corrected chi connectivity index (χ1v) is 11.7. The molecule has 1 aromatic carbocycles. The van der Waals surface area contributed by atoms with E-state index in [1.807, 2.05) is 6.07 Å². The first-order valence-electron chi connectivity index (χ1n) is 11.7. The number of aliphatic hydroxyl groups excluding tert-OH is 1. The molecule has 0 saturated carbocycles. The maximum Gasteiger partial charge on any atom is 0.266 e. The van der Waals surface area contributed by atoms with Gasteiger partial charge in [-0.2, -0.15) is 4.98 Å². The number of halogens is 3. The highest BCUT2D eigenvalue weighted by atomic mass is 19.3. The number of aromatic nitrogens is 3. The molecule has 10 heteroatoms. The zero-order chi connectivity index (χ0) is 25.1. The van der Waals surface area contributed by atoms with E-state index in [2.05, 4.69) is 25.2 Å². The molecule has 0 unspecified atom stereocenters.